The number of rotatable bonds is 6. The molecule has 17 heavy (non-hydrogen) atoms. The average Bonchev–Trinajstić information content (AvgIpc) is 2.94. The van der Waals surface area contributed by atoms with E-state index in [1.165, 1.54) is 45.1 Å². The first kappa shape index (κ1) is 15.2. The lowest BCUT2D eigenvalue weighted by Gasteiger charge is -2.29. The van der Waals surface area contributed by atoms with Crippen LogP contribution in [0.3, 0.4) is 0 Å². The lowest BCUT2D eigenvalue weighted by atomic mass is 9.96. The smallest absolute Gasteiger partial charge is 0.0594 e. The van der Waals surface area contributed by atoms with Crippen LogP contribution in [0.4, 0.5) is 0 Å². The zero-order valence-electron chi connectivity index (χ0n) is 10.8. The second-order valence-electron chi connectivity index (χ2n) is 5.19. The summed E-state index contributed by atoms with van der Waals surface area (Å²) in [6.07, 6.45) is 8.65. The van der Waals surface area contributed by atoms with Crippen LogP contribution in [0.25, 0.3) is 0 Å². The first-order chi connectivity index (χ1) is 7.92. The molecule has 1 aliphatic carbocycles. The van der Waals surface area contributed by atoms with Crippen molar-refractivity contribution < 1.29 is 4.74 Å². The molecule has 1 saturated heterocycles. The van der Waals surface area contributed by atoms with Crippen LogP contribution in [-0.4, -0.2) is 43.8 Å². The Bertz CT molecular complexity index is 198. The molecular weight excluding hydrogens is 236 g/mol. The van der Waals surface area contributed by atoms with Gasteiger partial charge in [0.25, 0.3) is 0 Å². The monoisotopic (exact) mass is 262 g/mol. The molecule has 4 heteroatoms. The standard InChI is InChI=1S/C13H26N2O.ClH/c14-7-10-16-11-9-15-8-3-6-13(15)12-4-1-2-5-12;/h12-13H,1-11,14H2;1H. The summed E-state index contributed by atoms with van der Waals surface area (Å²) in [5.41, 5.74) is 5.41. The van der Waals surface area contributed by atoms with Crippen LogP contribution in [0.2, 0.25) is 0 Å². The van der Waals surface area contributed by atoms with Gasteiger partial charge in [0, 0.05) is 19.1 Å². The topological polar surface area (TPSA) is 38.5 Å². The van der Waals surface area contributed by atoms with Crippen LogP contribution in [0.15, 0.2) is 0 Å². The lowest BCUT2D eigenvalue weighted by molar-refractivity contribution is 0.0927. The number of hydrogen-bond donors (Lipinski definition) is 1. The van der Waals surface area contributed by atoms with E-state index >= 15 is 0 Å². The van der Waals surface area contributed by atoms with Crippen LogP contribution in [0.5, 0.6) is 0 Å². The summed E-state index contributed by atoms with van der Waals surface area (Å²) in [4.78, 5) is 2.66. The summed E-state index contributed by atoms with van der Waals surface area (Å²) in [5, 5.41) is 0. The highest BCUT2D eigenvalue weighted by Crippen LogP contribution is 2.35. The summed E-state index contributed by atoms with van der Waals surface area (Å²) in [5.74, 6) is 0.983. The fourth-order valence-corrected chi connectivity index (χ4v) is 3.37. The molecule has 0 radical (unpaired) electrons. The van der Waals surface area contributed by atoms with Gasteiger partial charge in [0.1, 0.15) is 0 Å². The molecular formula is C13H27ClN2O. The summed E-state index contributed by atoms with van der Waals surface area (Å²) in [6, 6.07) is 0.865. The summed E-state index contributed by atoms with van der Waals surface area (Å²) < 4.78 is 5.49. The van der Waals surface area contributed by atoms with Gasteiger partial charge in [-0.3, -0.25) is 4.90 Å². The molecule has 0 amide bonds. The van der Waals surface area contributed by atoms with Gasteiger partial charge in [-0.25, -0.2) is 0 Å². The Balaban J connectivity index is 0.00000144. The minimum Gasteiger partial charge on any atom is -0.379 e. The van der Waals surface area contributed by atoms with E-state index in [0.717, 1.165) is 25.1 Å². The molecule has 0 aromatic heterocycles. The molecule has 2 aliphatic rings. The molecule has 1 heterocycles. The van der Waals surface area contributed by atoms with Crippen molar-refractivity contribution in [1.29, 1.82) is 0 Å². The third-order valence-corrected chi connectivity index (χ3v) is 4.14. The van der Waals surface area contributed by atoms with Crippen LogP contribution in [-0.2, 0) is 4.74 Å². The van der Waals surface area contributed by atoms with Crippen molar-refractivity contribution in [2.24, 2.45) is 11.7 Å². The molecule has 2 N–H and O–H groups in total. The van der Waals surface area contributed by atoms with Crippen molar-refractivity contribution in [2.45, 2.75) is 44.6 Å². The molecule has 102 valence electrons. The predicted molar refractivity (Wildman–Crippen MR) is 73.7 cm³/mol. The summed E-state index contributed by atoms with van der Waals surface area (Å²) in [7, 11) is 0. The Morgan fingerprint density at radius 1 is 1.06 bits per heavy atom. The summed E-state index contributed by atoms with van der Waals surface area (Å²) in [6.45, 7) is 4.61. The van der Waals surface area contributed by atoms with Crippen molar-refractivity contribution >= 4 is 12.4 Å². The van der Waals surface area contributed by atoms with Crippen molar-refractivity contribution in [3.63, 3.8) is 0 Å². The normalized spacial score (nSPS) is 26.3. The van der Waals surface area contributed by atoms with E-state index in [0.29, 0.717) is 13.2 Å². The van der Waals surface area contributed by atoms with Crippen LogP contribution >= 0.6 is 12.4 Å². The predicted octanol–water partition coefficient (Wildman–Crippen LogP) is 2.04. The summed E-state index contributed by atoms with van der Waals surface area (Å²) >= 11 is 0. The number of hydrogen-bond acceptors (Lipinski definition) is 3. The van der Waals surface area contributed by atoms with Gasteiger partial charge in [-0.15, -0.1) is 12.4 Å². The quantitative estimate of drug-likeness (QED) is 0.745. The number of ether oxygens (including phenoxy) is 1. The Morgan fingerprint density at radius 3 is 2.53 bits per heavy atom. The fraction of sp³-hybridized carbons (Fsp3) is 1.00. The Labute approximate surface area is 111 Å². The minimum absolute atomic E-state index is 0. The maximum absolute atomic E-state index is 5.49. The van der Waals surface area contributed by atoms with Gasteiger partial charge in [0.15, 0.2) is 0 Å². The Hall–Kier alpha value is 0.170. The molecule has 2 fully saturated rings. The van der Waals surface area contributed by atoms with Crippen LogP contribution < -0.4 is 5.73 Å². The van der Waals surface area contributed by atoms with Gasteiger partial charge in [-0.2, -0.15) is 0 Å². The first-order valence-electron chi connectivity index (χ1n) is 6.93. The van der Waals surface area contributed by atoms with Gasteiger partial charge in [0.2, 0.25) is 0 Å². The molecule has 3 nitrogen and oxygen atoms in total. The zero-order chi connectivity index (χ0) is 11.2. The van der Waals surface area contributed by atoms with Crippen molar-refractivity contribution in [1.82, 2.24) is 4.90 Å². The van der Waals surface area contributed by atoms with E-state index < -0.39 is 0 Å². The third kappa shape index (κ3) is 4.40. The average molecular weight is 263 g/mol. The maximum atomic E-state index is 5.49. The van der Waals surface area contributed by atoms with Gasteiger partial charge < -0.3 is 10.5 Å². The van der Waals surface area contributed by atoms with E-state index in [2.05, 4.69) is 4.90 Å². The molecule has 2 rings (SSSR count). The van der Waals surface area contributed by atoms with Crippen LogP contribution in [0.1, 0.15) is 38.5 Å². The Kier molecular flexibility index (Phi) is 7.44. The molecule has 0 spiro atoms. The number of nitrogens with two attached hydrogens (primary N) is 1. The molecule has 1 saturated carbocycles. The molecule has 1 unspecified atom stereocenters. The molecule has 1 atom stereocenters. The molecule has 0 aromatic rings. The highest BCUT2D eigenvalue weighted by Gasteiger charge is 2.32. The molecule has 0 aromatic carbocycles. The molecule has 1 aliphatic heterocycles. The largest absolute Gasteiger partial charge is 0.379 e. The van der Waals surface area contributed by atoms with E-state index in [1.807, 2.05) is 0 Å². The minimum atomic E-state index is 0. The zero-order valence-corrected chi connectivity index (χ0v) is 11.6. The SMILES string of the molecule is Cl.NCCOCCN1CCCC1C1CCCC1. The maximum Gasteiger partial charge on any atom is 0.0594 e. The third-order valence-electron chi connectivity index (χ3n) is 4.14. The highest BCUT2D eigenvalue weighted by atomic mass is 35.5. The van der Waals surface area contributed by atoms with Gasteiger partial charge in [0.05, 0.1) is 13.2 Å². The lowest BCUT2D eigenvalue weighted by Crippen LogP contribution is -2.37. The van der Waals surface area contributed by atoms with Crippen molar-refractivity contribution in [3.8, 4) is 0 Å². The van der Waals surface area contributed by atoms with Crippen molar-refractivity contribution in [3.05, 3.63) is 0 Å². The van der Waals surface area contributed by atoms with E-state index in [4.69, 9.17) is 10.5 Å². The fourth-order valence-electron chi connectivity index (χ4n) is 3.37. The van der Waals surface area contributed by atoms with Gasteiger partial charge in [-0.1, -0.05) is 12.8 Å². The second-order valence-corrected chi connectivity index (χ2v) is 5.19. The van der Waals surface area contributed by atoms with Crippen molar-refractivity contribution in [2.75, 3.05) is 32.8 Å². The number of halogens is 1. The van der Waals surface area contributed by atoms with Gasteiger partial charge in [-0.05, 0) is 38.1 Å². The Morgan fingerprint density at radius 2 is 1.82 bits per heavy atom. The highest BCUT2D eigenvalue weighted by molar-refractivity contribution is 5.85. The van der Waals surface area contributed by atoms with Gasteiger partial charge >= 0.3 is 0 Å². The van der Waals surface area contributed by atoms with Crippen LogP contribution in [0, 0.1) is 5.92 Å². The molecule has 0 bridgehead atoms. The number of likely N-dealkylation sites (tertiary alicyclic amines) is 1. The van der Waals surface area contributed by atoms with E-state index in [-0.39, 0.29) is 12.4 Å². The first-order valence-corrected chi connectivity index (χ1v) is 6.93. The number of nitrogens with zero attached hydrogens (tertiary/aromatic N) is 1. The van der Waals surface area contributed by atoms with E-state index in [9.17, 15) is 0 Å². The van der Waals surface area contributed by atoms with E-state index in [1.54, 1.807) is 0 Å². The second kappa shape index (κ2) is 8.30.